The third kappa shape index (κ3) is 76.3. The van der Waals surface area contributed by atoms with Crippen molar-refractivity contribution in [3.63, 3.8) is 0 Å². The van der Waals surface area contributed by atoms with Gasteiger partial charge in [0.15, 0.2) is 12.2 Å². The van der Waals surface area contributed by atoms with E-state index in [4.69, 9.17) is 37.0 Å². The lowest BCUT2D eigenvalue weighted by molar-refractivity contribution is -0.161. The van der Waals surface area contributed by atoms with Crippen molar-refractivity contribution in [2.75, 3.05) is 39.6 Å². The Labute approximate surface area is 626 Å². The van der Waals surface area contributed by atoms with Crippen LogP contribution in [0.4, 0.5) is 0 Å². The molecule has 606 valence electrons. The van der Waals surface area contributed by atoms with Crippen LogP contribution >= 0.6 is 15.6 Å². The summed E-state index contributed by atoms with van der Waals surface area (Å²) in [5.41, 5.74) is 0. The molecule has 0 bridgehead atoms. The van der Waals surface area contributed by atoms with E-state index in [-0.39, 0.29) is 25.7 Å². The molecule has 102 heavy (non-hydrogen) atoms. The molecular weight excluding hydrogens is 1330 g/mol. The van der Waals surface area contributed by atoms with Crippen molar-refractivity contribution >= 4 is 39.5 Å². The van der Waals surface area contributed by atoms with Gasteiger partial charge in [-0.05, 0) is 43.4 Å². The van der Waals surface area contributed by atoms with Gasteiger partial charge in [-0.15, -0.1) is 0 Å². The standard InChI is InChI=1S/C83H162O17P2/c1-8-9-10-11-12-13-14-15-16-17-20-23-29-36-43-50-57-64-80(85)93-70-78(99-82(87)66-59-52-45-37-30-24-21-18-19-22-27-33-40-47-54-61-74(2)3)72-97-101(89,90)95-68-77(84)69-96-102(91,92)98-73-79(71-94-81(86)65-58-51-44-39-32-35-42-49-56-63-76(6)7)100-83(88)67-60-53-46-38-31-26-25-28-34-41-48-55-62-75(4)5/h74-79,84H,8-73H2,1-7H3,(H,89,90)(H,91,92)/t77-,78-,79-/m1/s1. The summed E-state index contributed by atoms with van der Waals surface area (Å²) in [6, 6.07) is 0. The van der Waals surface area contributed by atoms with E-state index in [0.29, 0.717) is 25.7 Å². The van der Waals surface area contributed by atoms with Crippen molar-refractivity contribution in [1.82, 2.24) is 0 Å². The number of carbonyl (C=O) groups excluding carboxylic acids is 4. The zero-order chi connectivity index (χ0) is 75.1. The molecular formula is C83H162O17P2. The number of carbonyl (C=O) groups is 4. The minimum Gasteiger partial charge on any atom is -0.462 e. The van der Waals surface area contributed by atoms with E-state index in [1.165, 1.54) is 244 Å². The molecule has 0 saturated carbocycles. The van der Waals surface area contributed by atoms with Crippen molar-refractivity contribution in [2.45, 2.75) is 452 Å². The number of phosphoric ester groups is 2. The molecule has 0 aromatic carbocycles. The largest absolute Gasteiger partial charge is 0.472 e. The highest BCUT2D eigenvalue weighted by atomic mass is 31.2. The minimum atomic E-state index is -4.96. The van der Waals surface area contributed by atoms with Gasteiger partial charge in [0.25, 0.3) is 0 Å². The molecule has 0 aromatic rings. The highest BCUT2D eigenvalue weighted by Crippen LogP contribution is 2.45. The fourth-order valence-corrected chi connectivity index (χ4v) is 14.4. The molecule has 0 amide bonds. The first kappa shape index (κ1) is 100. The average Bonchev–Trinajstić information content (AvgIpc) is 0.906. The maximum atomic E-state index is 13.1. The quantitative estimate of drug-likeness (QED) is 0.0222. The Morgan fingerprint density at radius 1 is 0.265 bits per heavy atom. The van der Waals surface area contributed by atoms with E-state index in [1.54, 1.807) is 0 Å². The molecule has 0 fully saturated rings. The van der Waals surface area contributed by atoms with Crippen LogP contribution < -0.4 is 0 Å². The van der Waals surface area contributed by atoms with Crippen LogP contribution in [0.5, 0.6) is 0 Å². The lowest BCUT2D eigenvalue weighted by atomic mass is 10.0. The lowest BCUT2D eigenvalue weighted by Gasteiger charge is -2.21. The smallest absolute Gasteiger partial charge is 0.462 e. The van der Waals surface area contributed by atoms with E-state index in [2.05, 4.69) is 48.5 Å². The Morgan fingerprint density at radius 2 is 0.451 bits per heavy atom. The number of aliphatic hydroxyl groups is 1. The molecule has 3 N–H and O–H groups in total. The minimum absolute atomic E-state index is 0.107. The van der Waals surface area contributed by atoms with E-state index in [1.807, 2.05) is 0 Å². The summed E-state index contributed by atoms with van der Waals surface area (Å²) >= 11 is 0. The second-order valence-electron chi connectivity index (χ2n) is 31.3. The van der Waals surface area contributed by atoms with Gasteiger partial charge in [0.2, 0.25) is 0 Å². The summed E-state index contributed by atoms with van der Waals surface area (Å²) in [6.07, 6.45) is 62.4. The summed E-state index contributed by atoms with van der Waals surface area (Å²) in [6.45, 7) is 12.0. The van der Waals surface area contributed by atoms with Gasteiger partial charge in [0.05, 0.1) is 26.4 Å². The topological polar surface area (TPSA) is 237 Å². The molecule has 17 nitrogen and oxygen atoms in total. The van der Waals surface area contributed by atoms with Gasteiger partial charge in [-0.25, -0.2) is 9.13 Å². The molecule has 0 aromatic heterocycles. The predicted octanol–water partition coefficient (Wildman–Crippen LogP) is 24.9. The predicted molar refractivity (Wildman–Crippen MR) is 418 cm³/mol. The van der Waals surface area contributed by atoms with Gasteiger partial charge in [0, 0.05) is 25.7 Å². The van der Waals surface area contributed by atoms with Crippen molar-refractivity contribution in [1.29, 1.82) is 0 Å². The maximum Gasteiger partial charge on any atom is 0.472 e. The van der Waals surface area contributed by atoms with Crippen LogP contribution in [-0.2, 0) is 65.4 Å². The molecule has 2 unspecified atom stereocenters. The summed E-state index contributed by atoms with van der Waals surface area (Å²) in [4.78, 5) is 73.1. The van der Waals surface area contributed by atoms with Crippen molar-refractivity contribution < 1.29 is 80.2 Å². The molecule has 0 rings (SSSR count). The molecule has 0 saturated heterocycles. The Morgan fingerprint density at radius 3 is 0.667 bits per heavy atom. The molecule has 0 radical (unpaired) electrons. The third-order valence-electron chi connectivity index (χ3n) is 19.4. The van der Waals surface area contributed by atoms with E-state index >= 15 is 0 Å². The first-order valence-corrected chi connectivity index (χ1v) is 45.8. The fraction of sp³-hybridized carbons (Fsp3) is 0.952. The van der Waals surface area contributed by atoms with Crippen LogP contribution in [0.1, 0.15) is 434 Å². The van der Waals surface area contributed by atoms with Gasteiger partial charge in [-0.1, -0.05) is 382 Å². The Bertz CT molecular complexity index is 1970. The number of ether oxygens (including phenoxy) is 4. The van der Waals surface area contributed by atoms with Crippen molar-refractivity contribution in [3.05, 3.63) is 0 Å². The highest BCUT2D eigenvalue weighted by Gasteiger charge is 2.30. The molecule has 0 aliphatic rings. The highest BCUT2D eigenvalue weighted by molar-refractivity contribution is 7.47. The van der Waals surface area contributed by atoms with Crippen LogP contribution in [0, 0.1) is 17.8 Å². The van der Waals surface area contributed by atoms with Crippen LogP contribution in [-0.4, -0.2) is 96.7 Å². The Kier molecular flexibility index (Phi) is 71.8. The monoisotopic (exact) mass is 1490 g/mol. The average molecular weight is 1490 g/mol. The number of unbranched alkanes of at least 4 members (excludes halogenated alkanes) is 49. The number of phosphoric acid groups is 2. The second-order valence-corrected chi connectivity index (χ2v) is 34.2. The first-order chi connectivity index (χ1) is 49.2. The normalized spacial score (nSPS) is 13.9. The van der Waals surface area contributed by atoms with Crippen LogP contribution in [0.15, 0.2) is 0 Å². The van der Waals surface area contributed by atoms with Gasteiger partial charge in [-0.3, -0.25) is 37.3 Å². The number of rotatable bonds is 81. The number of esters is 4. The van der Waals surface area contributed by atoms with Crippen molar-refractivity contribution in [2.24, 2.45) is 17.8 Å². The van der Waals surface area contributed by atoms with Gasteiger partial charge in [0.1, 0.15) is 19.3 Å². The third-order valence-corrected chi connectivity index (χ3v) is 21.3. The Balaban J connectivity index is 5.27. The molecule has 0 aliphatic carbocycles. The SMILES string of the molecule is CCCCCCCCCCCCCCCCCCCC(=O)OC[C@H](COP(=O)(O)OC[C@@H](O)COP(=O)(O)OC[C@@H](COC(=O)CCCCCCCCCCCC(C)C)OC(=O)CCCCCCCCCCCCCCC(C)C)OC(=O)CCCCCCCCCCCCCCCCCC(C)C. The number of hydrogen-bond acceptors (Lipinski definition) is 15. The molecule has 0 aliphatic heterocycles. The van der Waals surface area contributed by atoms with Crippen LogP contribution in [0.2, 0.25) is 0 Å². The van der Waals surface area contributed by atoms with E-state index in [9.17, 15) is 43.2 Å². The van der Waals surface area contributed by atoms with Gasteiger partial charge >= 0.3 is 39.5 Å². The van der Waals surface area contributed by atoms with Crippen molar-refractivity contribution in [3.8, 4) is 0 Å². The summed E-state index contributed by atoms with van der Waals surface area (Å²) in [5, 5.41) is 10.7. The Hall–Kier alpha value is -1.94. The zero-order valence-corrected chi connectivity index (χ0v) is 68.9. The number of hydrogen-bond donors (Lipinski definition) is 3. The summed E-state index contributed by atoms with van der Waals surface area (Å²) in [5.74, 6) is 0.216. The number of aliphatic hydroxyl groups excluding tert-OH is 1. The summed E-state index contributed by atoms with van der Waals surface area (Å²) in [7, 11) is -9.93. The van der Waals surface area contributed by atoms with Crippen LogP contribution in [0.25, 0.3) is 0 Å². The van der Waals surface area contributed by atoms with Gasteiger partial charge in [-0.2, -0.15) is 0 Å². The van der Waals surface area contributed by atoms with E-state index in [0.717, 1.165) is 108 Å². The molecule has 0 spiro atoms. The fourth-order valence-electron chi connectivity index (χ4n) is 12.8. The molecule has 19 heteroatoms. The second kappa shape index (κ2) is 73.2. The van der Waals surface area contributed by atoms with Gasteiger partial charge < -0.3 is 33.8 Å². The summed E-state index contributed by atoms with van der Waals surface area (Å²) < 4.78 is 68.8. The molecule has 0 heterocycles. The van der Waals surface area contributed by atoms with E-state index < -0.39 is 97.5 Å². The first-order valence-electron chi connectivity index (χ1n) is 42.8. The maximum absolute atomic E-state index is 13.1. The zero-order valence-electron chi connectivity index (χ0n) is 67.1. The lowest BCUT2D eigenvalue weighted by Crippen LogP contribution is -2.30. The molecule has 5 atom stereocenters. The van der Waals surface area contributed by atoms with Crippen LogP contribution in [0.3, 0.4) is 0 Å².